The number of hydrogen-bond acceptors (Lipinski definition) is 5. The molecule has 1 fully saturated rings. The fraction of sp³-hybridized carbons (Fsp3) is 0.350. The number of benzene rings is 2. The zero-order valence-corrected chi connectivity index (χ0v) is 16.7. The highest BCUT2D eigenvalue weighted by Crippen LogP contribution is 2.23. The lowest BCUT2D eigenvalue weighted by Gasteiger charge is -2.17. The van der Waals surface area contributed by atoms with Crippen LogP contribution in [0.5, 0.6) is 11.5 Å². The average molecular weight is 404 g/mol. The molecule has 1 aliphatic rings. The number of anilines is 1. The Balaban J connectivity index is 1.60. The lowest BCUT2D eigenvalue weighted by Crippen LogP contribution is -2.30. The minimum absolute atomic E-state index is 0.231. The molecular formula is C20H24N2O5S. The van der Waals surface area contributed by atoms with Gasteiger partial charge in [-0.25, -0.2) is 8.42 Å². The monoisotopic (exact) mass is 404 g/mol. The Morgan fingerprint density at radius 1 is 1.00 bits per heavy atom. The quantitative estimate of drug-likeness (QED) is 0.767. The molecule has 0 bridgehead atoms. The van der Waals surface area contributed by atoms with Crippen LogP contribution in [0.4, 0.5) is 5.69 Å². The molecule has 1 N–H and O–H groups in total. The molecule has 1 atom stereocenters. The Morgan fingerprint density at radius 2 is 1.57 bits per heavy atom. The Bertz CT molecular complexity index is 905. The van der Waals surface area contributed by atoms with E-state index in [1.54, 1.807) is 50.4 Å². The number of carbonyl (C=O) groups is 1. The second-order valence-corrected chi connectivity index (χ2v) is 8.50. The van der Waals surface area contributed by atoms with Gasteiger partial charge in [-0.2, -0.15) is 4.31 Å². The number of methoxy groups -OCH3 is 1. The van der Waals surface area contributed by atoms with Crippen LogP contribution in [0.15, 0.2) is 53.4 Å². The van der Waals surface area contributed by atoms with Crippen molar-refractivity contribution in [1.29, 1.82) is 0 Å². The van der Waals surface area contributed by atoms with Crippen LogP contribution in [0.1, 0.15) is 19.8 Å². The highest BCUT2D eigenvalue weighted by molar-refractivity contribution is 7.89. The number of amides is 1. The standard InChI is InChI=1S/C20H24N2O5S/c1-15(27-18-9-7-17(26-2)8-10-18)20(23)21-16-5-11-19(12-6-16)28(24,25)22-13-3-4-14-22/h5-12,15H,3-4,13-14H2,1-2H3,(H,21,23)/t15-/m1/s1. The van der Waals surface area contributed by atoms with Crippen molar-refractivity contribution in [2.45, 2.75) is 30.8 Å². The van der Waals surface area contributed by atoms with Crippen LogP contribution in [-0.2, 0) is 14.8 Å². The van der Waals surface area contributed by atoms with E-state index in [2.05, 4.69) is 5.32 Å². The third kappa shape index (κ3) is 4.63. The van der Waals surface area contributed by atoms with E-state index in [9.17, 15) is 13.2 Å². The number of sulfonamides is 1. The molecule has 2 aromatic carbocycles. The maximum Gasteiger partial charge on any atom is 0.265 e. The van der Waals surface area contributed by atoms with E-state index in [1.807, 2.05) is 0 Å². The summed E-state index contributed by atoms with van der Waals surface area (Å²) in [7, 11) is -1.88. The van der Waals surface area contributed by atoms with Crippen molar-refractivity contribution in [3.63, 3.8) is 0 Å². The Kier molecular flexibility index (Phi) is 6.21. The highest BCUT2D eigenvalue weighted by atomic mass is 32.2. The van der Waals surface area contributed by atoms with E-state index in [0.29, 0.717) is 30.3 Å². The largest absolute Gasteiger partial charge is 0.497 e. The number of nitrogens with zero attached hydrogens (tertiary/aromatic N) is 1. The maximum atomic E-state index is 12.5. The van der Waals surface area contributed by atoms with Crippen LogP contribution >= 0.6 is 0 Å². The second-order valence-electron chi connectivity index (χ2n) is 6.56. The van der Waals surface area contributed by atoms with Gasteiger partial charge >= 0.3 is 0 Å². The second kappa shape index (κ2) is 8.62. The third-order valence-electron chi connectivity index (χ3n) is 4.57. The normalized spacial score (nSPS) is 15.8. The van der Waals surface area contributed by atoms with Crippen LogP contribution in [-0.4, -0.2) is 44.9 Å². The van der Waals surface area contributed by atoms with E-state index in [4.69, 9.17) is 9.47 Å². The molecule has 1 aliphatic heterocycles. The summed E-state index contributed by atoms with van der Waals surface area (Å²) in [4.78, 5) is 12.6. The van der Waals surface area contributed by atoms with Crippen LogP contribution in [0.3, 0.4) is 0 Å². The van der Waals surface area contributed by atoms with Gasteiger partial charge in [-0.3, -0.25) is 4.79 Å². The van der Waals surface area contributed by atoms with Crippen LogP contribution in [0.25, 0.3) is 0 Å². The van der Waals surface area contributed by atoms with Crippen molar-refractivity contribution >= 4 is 21.6 Å². The number of carbonyl (C=O) groups excluding carboxylic acids is 1. The van der Waals surface area contributed by atoms with E-state index >= 15 is 0 Å². The minimum Gasteiger partial charge on any atom is -0.497 e. The highest BCUT2D eigenvalue weighted by Gasteiger charge is 2.27. The molecular weight excluding hydrogens is 380 g/mol. The summed E-state index contributed by atoms with van der Waals surface area (Å²) in [6.45, 7) is 2.76. The summed E-state index contributed by atoms with van der Waals surface area (Å²) in [5.74, 6) is 0.926. The lowest BCUT2D eigenvalue weighted by molar-refractivity contribution is -0.122. The van der Waals surface area contributed by atoms with Gasteiger partial charge < -0.3 is 14.8 Å². The van der Waals surface area contributed by atoms with Crippen LogP contribution < -0.4 is 14.8 Å². The number of rotatable bonds is 7. The molecule has 0 aliphatic carbocycles. The van der Waals surface area contributed by atoms with Crippen molar-refractivity contribution < 1.29 is 22.7 Å². The average Bonchev–Trinajstić information content (AvgIpc) is 3.25. The first-order valence-electron chi connectivity index (χ1n) is 9.12. The predicted molar refractivity (Wildman–Crippen MR) is 106 cm³/mol. The summed E-state index contributed by atoms with van der Waals surface area (Å²) in [5, 5.41) is 2.74. The van der Waals surface area contributed by atoms with Crippen LogP contribution in [0.2, 0.25) is 0 Å². The molecule has 7 nitrogen and oxygen atoms in total. The summed E-state index contributed by atoms with van der Waals surface area (Å²) in [6.07, 6.45) is 1.06. The fourth-order valence-electron chi connectivity index (χ4n) is 2.94. The Morgan fingerprint density at radius 3 is 2.14 bits per heavy atom. The summed E-state index contributed by atoms with van der Waals surface area (Å²) in [6, 6.07) is 13.1. The van der Waals surface area contributed by atoms with Gasteiger partial charge in [-0.15, -0.1) is 0 Å². The van der Waals surface area contributed by atoms with E-state index in [0.717, 1.165) is 12.8 Å². The Hall–Kier alpha value is -2.58. The number of nitrogens with one attached hydrogen (secondary N) is 1. The molecule has 8 heteroatoms. The SMILES string of the molecule is COc1ccc(O[C@H](C)C(=O)Nc2ccc(S(=O)(=O)N3CCCC3)cc2)cc1. The van der Waals surface area contributed by atoms with Crippen molar-refractivity contribution in [2.24, 2.45) is 0 Å². The minimum atomic E-state index is -3.46. The van der Waals surface area contributed by atoms with Crippen molar-refractivity contribution in [1.82, 2.24) is 4.31 Å². The van der Waals surface area contributed by atoms with Gasteiger partial charge in [0.05, 0.1) is 12.0 Å². The van der Waals surface area contributed by atoms with Gasteiger partial charge in [-0.1, -0.05) is 0 Å². The van der Waals surface area contributed by atoms with Crippen molar-refractivity contribution in [3.05, 3.63) is 48.5 Å². The number of ether oxygens (including phenoxy) is 2. The summed E-state index contributed by atoms with van der Waals surface area (Å²) in [5.41, 5.74) is 0.510. The first-order valence-corrected chi connectivity index (χ1v) is 10.6. The Labute approximate surface area is 165 Å². The lowest BCUT2D eigenvalue weighted by atomic mass is 10.3. The molecule has 0 unspecified atom stereocenters. The molecule has 1 saturated heterocycles. The van der Waals surface area contributed by atoms with E-state index < -0.39 is 16.1 Å². The smallest absolute Gasteiger partial charge is 0.265 e. The van der Waals surface area contributed by atoms with E-state index in [-0.39, 0.29) is 10.8 Å². The molecule has 0 saturated carbocycles. The molecule has 2 aromatic rings. The number of hydrogen-bond donors (Lipinski definition) is 1. The van der Waals surface area contributed by atoms with Gasteiger partial charge in [-0.05, 0) is 68.3 Å². The molecule has 0 aromatic heterocycles. The fourth-order valence-corrected chi connectivity index (χ4v) is 4.46. The van der Waals surface area contributed by atoms with Crippen molar-refractivity contribution in [3.8, 4) is 11.5 Å². The van der Waals surface area contributed by atoms with Gasteiger partial charge in [0, 0.05) is 18.8 Å². The maximum absolute atomic E-state index is 12.5. The summed E-state index contributed by atoms with van der Waals surface area (Å²) < 4.78 is 37.3. The van der Waals surface area contributed by atoms with Gasteiger partial charge in [0.25, 0.3) is 5.91 Å². The first-order chi connectivity index (χ1) is 13.4. The predicted octanol–water partition coefficient (Wildman–Crippen LogP) is 2.89. The van der Waals surface area contributed by atoms with Gasteiger partial charge in [0.1, 0.15) is 11.5 Å². The molecule has 0 spiro atoms. The first kappa shape index (κ1) is 20.2. The molecule has 28 heavy (non-hydrogen) atoms. The molecule has 0 radical (unpaired) electrons. The van der Waals surface area contributed by atoms with Crippen LogP contribution in [0, 0.1) is 0 Å². The van der Waals surface area contributed by atoms with Gasteiger partial charge in [0.15, 0.2) is 6.10 Å². The molecule has 150 valence electrons. The summed E-state index contributed by atoms with van der Waals surface area (Å²) >= 11 is 0. The molecule has 1 amide bonds. The van der Waals surface area contributed by atoms with E-state index in [1.165, 1.54) is 16.4 Å². The zero-order chi connectivity index (χ0) is 20.1. The zero-order valence-electron chi connectivity index (χ0n) is 15.9. The third-order valence-corrected chi connectivity index (χ3v) is 6.48. The molecule has 3 rings (SSSR count). The van der Waals surface area contributed by atoms with Gasteiger partial charge in [0.2, 0.25) is 10.0 Å². The topological polar surface area (TPSA) is 84.9 Å². The molecule has 1 heterocycles. The van der Waals surface area contributed by atoms with Crippen molar-refractivity contribution in [2.75, 3.05) is 25.5 Å².